The summed E-state index contributed by atoms with van der Waals surface area (Å²) in [5, 5.41) is 0. The average molecular weight is 347 g/mol. The molecule has 1 aromatic carbocycles. The number of hydrogen-bond acceptors (Lipinski definition) is 3. The molecule has 0 aromatic heterocycles. The molecule has 4 nitrogen and oxygen atoms in total. The van der Waals surface area contributed by atoms with Crippen molar-refractivity contribution >= 4 is 5.91 Å². The zero-order chi connectivity index (χ0) is 18.2. The van der Waals surface area contributed by atoms with Crippen LogP contribution < -0.4 is 0 Å². The van der Waals surface area contributed by atoms with Crippen LogP contribution in [0.4, 0.5) is 4.39 Å². The molecule has 1 amide bonds. The number of amides is 1. The Bertz CT molecular complexity index is 631. The third-order valence-corrected chi connectivity index (χ3v) is 5.37. The predicted molar refractivity (Wildman–Crippen MR) is 98.2 cm³/mol. The molecular weight excluding hydrogens is 317 g/mol. The predicted octanol–water partition coefficient (Wildman–Crippen LogP) is 2.70. The number of carbonyl (C=O) groups excluding carboxylic acids is 1. The molecule has 2 aliphatic rings. The Morgan fingerprint density at radius 1 is 1.24 bits per heavy atom. The summed E-state index contributed by atoms with van der Waals surface area (Å²) in [6.45, 7) is 14.4. The van der Waals surface area contributed by atoms with Crippen molar-refractivity contribution in [2.45, 2.75) is 39.3 Å². The third kappa shape index (κ3) is 3.87. The van der Waals surface area contributed by atoms with E-state index < -0.39 is 5.82 Å². The fourth-order valence-electron chi connectivity index (χ4n) is 4.39. The summed E-state index contributed by atoms with van der Waals surface area (Å²) in [7, 11) is 0. The van der Waals surface area contributed by atoms with E-state index in [0.717, 1.165) is 26.2 Å². The van der Waals surface area contributed by atoms with Gasteiger partial charge in [0, 0.05) is 50.8 Å². The van der Waals surface area contributed by atoms with Crippen molar-refractivity contribution in [1.29, 1.82) is 0 Å². The van der Waals surface area contributed by atoms with Crippen LogP contribution in [0.1, 0.15) is 38.1 Å². The number of carbonyl (C=O) groups is 1. The van der Waals surface area contributed by atoms with E-state index in [1.165, 1.54) is 6.07 Å². The van der Waals surface area contributed by atoms with E-state index in [2.05, 4.69) is 37.5 Å². The van der Waals surface area contributed by atoms with Gasteiger partial charge in [-0.2, -0.15) is 0 Å². The van der Waals surface area contributed by atoms with Crippen LogP contribution in [0.5, 0.6) is 0 Å². The van der Waals surface area contributed by atoms with Crippen LogP contribution in [-0.4, -0.2) is 71.5 Å². The van der Waals surface area contributed by atoms with Crippen molar-refractivity contribution in [2.24, 2.45) is 5.92 Å². The van der Waals surface area contributed by atoms with Crippen molar-refractivity contribution < 1.29 is 9.18 Å². The first-order chi connectivity index (χ1) is 11.8. The van der Waals surface area contributed by atoms with Gasteiger partial charge in [0.2, 0.25) is 0 Å². The summed E-state index contributed by atoms with van der Waals surface area (Å²) < 4.78 is 14.1. The summed E-state index contributed by atoms with van der Waals surface area (Å²) in [6, 6.07) is 6.61. The smallest absolute Gasteiger partial charge is 0.256 e. The standard InChI is InChI=1S/C20H30FN3O/c1-15(2)11-22-9-10-24-16(12-22)13-23(14-20(24,3)4)19(25)17-7-5-6-8-18(17)21/h5-8,15-16H,9-14H2,1-4H3. The first-order valence-corrected chi connectivity index (χ1v) is 9.31. The zero-order valence-electron chi connectivity index (χ0n) is 15.8. The second-order valence-electron chi connectivity index (χ2n) is 8.48. The summed E-state index contributed by atoms with van der Waals surface area (Å²) >= 11 is 0. The highest BCUT2D eigenvalue weighted by molar-refractivity contribution is 5.94. The normalized spacial score (nSPS) is 24.4. The molecule has 1 atom stereocenters. The fourth-order valence-corrected chi connectivity index (χ4v) is 4.39. The van der Waals surface area contributed by atoms with Gasteiger partial charge in [-0.1, -0.05) is 26.0 Å². The maximum absolute atomic E-state index is 14.1. The average Bonchev–Trinajstić information content (AvgIpc) is 2.53. The molecule has 2 heterocycles. The molecule has 0 N–H and O–H groups in total. The van der Waals surface area contributed by atoms with Gasteiger partial charge in [-0.3, -0.25) is 9.69 Å². The largest absolute Gasteiger partial charge is 0.335 e. The molecule has 1 unspecified atom stereocenters. The maximum atomic E-state index is 14.1. The first kappa shape index (κ1) is 18.3. The van der Waals surface area contributed by atoms with Crippen LogP contribution in [0.15, 0.2) is 24.3 Å². The molecule has 3 rings (SSSR count). The van der Waals surface area contributed by atoms with Crippen LogP contribution in [-0.2, 0) is 0 Å². The lowest BCUT2D eigenvalue weighted by molar-refractivity contribution is -0.0578. The number of rotatable bonds is 3. The molecule has 5 heteroatoms. The molecule has 25 heavy (non-hydrogen) atoms. The Kier molecular flexibility index (Phi) is 5.16. The highest BCUT2D eigenvalue weighted by atomic mass is 19.1. The number of halogens is 1. The molecule has 0 saturated carbocycles. The molecule has 0 spiro atoms. The van der Waals surface area contributed by atoms with Crippen LogP contribution in [0.2, 0.25) is 0 Å². The Balaban J connectivity index is 1.77. The minimum absolute atomic E-state index is 0.0895. The molecular formula is C20H30FN3O. The van der Waals surface area contributed by atoms with Gasteiger partial charge in [0.15, 0.2) is 0 Å². The van der Waals surface area contributed by atoms with Gasteiger partial charge in [0.25, 0.3) is 5.91 Å². The van der Waals surface area contributed by atoms with Gasteiger partial charge >= 0.3 is 0 Å². The first-order valence-electron chi connectivity index (χ1n) is 9.31. The Morgan fingerprint density at radius 3 is 2.64 bits per heavy atom. The number of nitrogens with zero attached hydrogens (tertiary/aromatic N) is 3. The van der Waals surface area contributed by atoms with Gasteiger partial charge in [-0.05, 0) is 31.9 Å². The quantitative estimate of drug-likeness (QED) is 0.841. The van der Waals surface area contributed by atoms with Gasteiger partial charge < -0.3 is 9.80 Å². The topological polar surface area (TPSA) is 26.8 Å². The van der Waals surface area contributed by atoms with Crippen molar-refractivity contribution in [3.8, 4) is 0 Å². The minimum atomic E-state index is -0.433. The van der Waals surface area contributed by atoms with Gasteiger partial charge in [-0.25, -0.2) is 4.39 Å². The summed E-state index contributed by atoms with van der Waals surface area (Å²) in [5.41, 5.74) is 0.0925. The van der Waals surface area contributed by atoms with E-state index >= 15 is 0 Å². The monoisotopic (exact) mass is 347 g/mol. The Labute approximate surface area is 150 Å². The van der Waals surface area contributed by atoms with E-state index in [-0.39, 0.29) is 17.0 Å². The lowest BCUT2D eigenvalue weighted by atomic mass is 9.92. The van der Waals surface area contributed by atoms with Crippen LogP contribution in [0.3, 0.4) is 0 Å². The molecule has 2 fully saturated rings. The van der Waals surface area contributed by atoms with E-state index in [9.17, 15) is 9.18 Å². The number of hydrogen-bond donors (Lipinski definition) is 0. The summed E-state index contributed by atoms with van der Waals surface area (Å²) in [4.78, 5) is 19.8. The second-order valence-corrected chi connectivity index (χ2v) is 8.48. The molecule has 2 aliphatic heterocycles. The van der Waals surface area contributed by atoms with Gasteiger partial charge in [0.05, 0.1) is 5.56 Å². The minimum Gasteiger partial charge on any atom is -0.335 e. The van der Waals surface area contributed by atoms with Crippen molar-refractivity contribution in [3.63, 3.8) is 0 Å². The molecule has 138 valence electrons. The second kappa shape index (κ2) is 7.04. The number of piperazine rings is 2. The highest BCUT2D eigenvalue weighted by Crippen LogP contribution is 2.29. The fraction of sp³-hybridized carbons (Fsp3) is 0.650. The summed E-state index contributed by atoms with van der Waals surface area (Å²) in [6.07, 6.45) is 0. The molecule has 2 saturated heterocycles. The number of benzene rings is 1. The van der Waals surface area contributed by atoms with Crippen molar-refractivity contribution in [2.75, 3.05) is 39.3 Å². The molecule has 1 aromatic rings. The maximum Gasteiger partial charge on any atom is 0.256 e. The lowest BCUT2D eigenvalue weighted by Crippen LogP contribution is -2.70. The van der Waals surface area contributed by atoms with E-state index in [1.54, 1.807) is 18.2 Å². The van der Waals surface area contributed by atoms with Crippen LogP contribution >= 0.6 is 0 Å². The highest BCUT2D eigenvalue weighted by Gasteiger charge is 2.44. The molecule has 0 aliphatic carbocycles. The zero-order valence-corrected chi connectivity index (χ0v) is 15.8. The lowest BCUT2D eigenvalue weighted by Gasteiger charge is -2.55. The molecule has 0 radical (unpaired) electrons. The van der Waals surface area contributed by atoms with Crippen LogP contribution in [0.25, 0.3) is 0 Å². The van der Waals surface area contributed by atoms with Crippen LogP contribution in [0, 0.1) is 11.7 Å². The van der Waals surface area contributed by atoms with E-state index in [4.69, 9.17) is 0 Å². The number of fused-ring (bicyclic) bond motifs is 1. The van der Waals surface area contributed by atoms with Gasteiger partial charge in [-0.15, -0.1) is 0 Å². The summed E-state index contributed by atoms with van der Waals surface area (Å²) in [5.74, 6) is 0.0175. The van der Waals surface area contributed by atoms with Crippen molar-refractivity contribution in [1.82, 2.24) is 14.7 Å². The Hall–Kier alpha value is -1.46. The SMILES string of the molecule is CC(C)CN1CCN2C(C1)CN(C(=O)c1ccccc1F)CC2(C)C. The van der Waals surface area contributed by atoms with E-state index in [0.29, 0.717) is 25.0 Å². The Morgan fingerprint density at radius 2 is 1.96 bits per heavy atom. The van der Waals surface area contributed by atoms with Gasteiger partial charge in [0.1, 0.15) is 5.82 Å². The third-order valence-electron chi connectivity index (χ3n) is 5.37. The van der Waals surface area contributed by atoms with Crippen molar-refractivity contribution in [3.05, 3.63) is 35.6 Å². The molecule has 0 bridgehead atoms. The van der Waals surface area contributed by atoms with E-state index in [1.807, 2.05) is 4.90 Å².